The van der Waals surface area contributed by atoms with Crippen molar-refractivity contribution in [3.8, 4) is 0 Å². The zero-order valence-electron chi connectivity index (χ0n) is 11.1. The van der Waals surface area contributed by atoms with E-state index < -0.39 is 0 Å². The largest absolute Gasteiger partial charge is 0.395 e. The number of hydrogen-bond donors (Lipinski definition) is 1. The molecule has 1 fully saturated rings. The molecular formula is C12H25N3O2. The molecular weight excluding hydrogens is 218 g/mol. The minimum absolute atomic E-state index is 0.197. The summed E-state index contributed by atoms with van der Waals surface area (Å²) in [4.78, 5) is 18.0. The van der Waals surface area contributed by atoms with Crippen molar-refractivity contribution in [2.75, 3.05) is 59.5 Å². The molecule has 5 nitrogen and oxygen atoms in total. The first-order valence-electron chi connectivity index (χ1n) is 6.47. The number of likely N-dealkylation sites (N-methyl/N-ethyl adjacent to an activating group) is 1. The molecule has 0 saturated carbocycles. The summed E-state index contributed by atoms with van der Waals surface area (Å²) in [7, 11) is 1.85. The highest BCUT2D eigenvalue weighted by molar-refractivity contribution is 5.77. The van der Waals surface area contributed by atoms with Crippen LogP contribution in [0.5, 0.6) is 0 Å². The van der Waals surface area contributed by atoms with Gasteiger partial charge in [-0.1, -0.05) is 0 Å². The first-order valence-corrected chi connectivity index (χ1v) is 6.47. The van der Waals surface area contributed by atoms with Crippen LogP contribution in [0.25, 0.3) is 0 Å². The Morgan fingerprint density at radius 1 is 1.24 bits per heavy atom. The monoisotopic (exact) mass is 243 g/mol. The smallest absolute Gasteiger partial charge is 0.236 e. The molecule has 1 amide bonds. The van der Waals surface area contributed by atoms with Gasteiger partial charge in [0.25, 0.3) is 0 Å². The molecule has 0 bridgehead atoms. The van der Waals surface area contributed by atoms with Gasteiger partial charge in [-0.05, 0) is 26.4 Å². The zero-order chi connectivity index (χ0) is 12.7. The van der Waals surface area contributed by atoms with Crippen molar-refractivity contribution in [1.29, 1.82) is 0 Å². The van der Waals surface area contributed by atoms with Crippen molar-refractivity contribution in [3.63, 3.8) is 0 Å². The van der Waals surface area contributed by atoms with E-state index in [1.165, 1.54) is 0 Å². The molecule has 0 atom stereocenters. The van der Waals surface area contributed by atoms with E-state index in [0.29, 0.717) is 6.54 Å². The summed E-state index contributed by atoms with van der Waals surface area (Å²) in [5, 5.41) is 8.91. The lowest BCUT2D eigenvalue weighted by Gasteiger charge is -2.23. The Balaban J connectivity index is 2.33. The highest BCUT2D eigenvalue weighted by Crippen LogP contribution is 2.03. The lowest BCUT2D eigenvalue weighted by Crippen LogP contribution is -2.40. The number of carbonyl (C=O) groups excluding carboxylic acids is 1. The summed E-state index contributed by atoms with van der Waals surface area (Å²) in [6.45, 7) is 8.12. The van der Waals surface area contributed by atoms with E-state index in [9.17, 15) is 4.79 Å². The van der Waals surface area contributed by atoms with Crippen LogP contribution < -0.4 is 0 Å². The molecule has 0 aromatic heterocycles. The molecule has 100 valence electrons. The number of amides is 1. The van der Waals surface area contributed by atoms with E-state index >= 15 is 0 Å². The summed E-state index contributed by atoms with van der Waals surface area (Å²) in [6, 6.07) is 0. The number of nitrogens with zero attached hydrogens (tertiary/aromatic N) is 3. The van der Waals surface area contributed by atoms with Crippen molar-refractivity contribution in [1.82, 2.24) is 14.7 Å². The molecule has 0 spiro atoms. The Labute approximate surface area is 104 Å². The summed E-state index contributed by atoms with van der Waals surface area (Å²) in [6.07, 6.45) is 1.07. The molecule has 0 aromatic carbocycles. The number of β-amino-alcohol motifs (C(OH)–C–C–N with tert-alkyl or cyclic N) is 1. The van der Waals surface area contributed by atoms with Crippen molar-refractivity contribution < 1.29 is 9.90 Å². The Morgan fingerprint density at radius 3 is 2.53 bits per heavy atom. The van der Waals surface area contributed by atoms with Crippen LogP contribution in [0.3, 0.4) is 0 Å². The van der Waals surface area contributed by atoms with Crippen molar-refractivity contribution in [2.45, 2.75) is 13.3 Å². The van der Waals surface area contributed by atoms with Gasteiger partial charge in [0.05, 0.1) is 13.2 Å². The van der Waals surface area contributed by atoms with E-state index in [-0.39, 0.29) is 12.5 Å². The minimum Gasteiger partial charge on any atom is -0.395 e. The Morgan fingerprint density at radius 2 is 1.88 bits per heavy atom. The fourth-order valence-electron chi connectivity index (χ4n) is 2.04. The molecule has 1 rings (SSSR count). The van der Waals surface area contributed by atoms with Crippen LogP contribution in [0.2, 0.25) is 0 Å². The van der Waals surface area contributed by atoms with Crippen LogP contribution >= 0.6 is 0 Å². The normalized spacial score (nSPS) is 19.0. The van der Waals surface area contributed by atoms with Gasteiger partial charge < -0.3 is 10.0 Å². The third-order valence-electron chi connectivity index (χ3n) is 3.36. The molecule has 1 heterocycles. The molecule has 0 aromatic rings. The average molecular weight is 243 g/mol. The van der Waals surface area contributed by atoms with E-state index in [1.54, 1.807) is 4.90 Å². The maximum atomic E-state index is 11.8. The summed E-state index contributed by atoms with van der Waals surface area (Å²) in [5.41, 5.74) is 0. The molecule has 1 aliphatic rings. The molecule has 0 aliphatic carbocycles. The van der Waals surface area contributed by atoms with Gasteiger partial charge >= 0.3 is 0 Å². The second-order valence-electron chi connectivity index (χ2n) is 4.60. The Hall–Kier alpha value is -0.650. The second-order valence-corrected chi connectivity index (χ2v) is 4.60. The van der Waals surface area contributed by atoms with Gasteiger partial charge in [0, 0.05) is 33.2 Å². The minimum atomic E-state index is 0.197. The van der Waals surface area contributed by atoms with Gasteiger partial charge in [-0.15, -0.1) is 0 Å². The number of aliphatic hydroxyl groups excluding tert-OH is 1. The molecule has 0 radical (unpaired) electrons. The Bertz CT molecular complexity index is 236. The quantitative estimate of drug-likeness (QED) is 0.705. The fraction of sp³-hybridized carbons (Fsp3) is 0.917. The predicted molar refractivity (Wildman–Crippen MR) is 67.9 cm³/mol. The lowest BCUT2D eigenvalue weighted by atomic mass is 10.3. The molecule has 1 aliphatic heterocycles. The second kappa shape index (κ2) is 7.63. The van der Waals surface area contributed by atoms with E-state index in [4.69, 9.17) is 5.11 Å². The maximum absolute atomic E-state index is 11.8. The Kier molecular flexibility index (Phi) is 6.47. The summed E-state index contributed by atoms with van der Waals surface area (Å²) >= 11 is 0. The third-order valence-corrected chi connectivity index (χ3v) is 3.36. The average Bonchev–Trinajstić information content (AvgIpc) is 2.54. The number of hydrogen-bond acceptors (Lipinski definition) is 4. The molecule has 0 unspecified atom stereocenters. The maximum Gasteiger partial charge on any atom is 0.236 e. The SMILES string of the molecule is CCN(C)C(=O)CN1CCCN(CCO)CC1. The van der Waals surface area contributed by atoms with Gasteiger partial charge in [-0.3, -0.25) is 14.6 Å². The van der Waals surface area contributed by atoms with Crippen LogP contribution in [0.4, 0.5) is 0 Å². The molecule has 5 heteroatoms. The molecule has 1 saturated heterocycles. The van der Waals surface area contributed by atoms with Crippen molar-refractivity contribution in [3.05, 3.63) is 0 Å². The van der Waals surface area contributed by atoms with E-state index in [2.05, 4.69) is 9.80 Å². The lowest BCUT2D eigenvalue weighted by molar-refractivity contribution is -0.130. The van der Waals surface area contributed by atoms with Crippen LogP contribution in [-0.2, 0) is 4.79 Å². The standard InChI is InChI=1S/C12H25N3O2/c1-3-13(2)12(17)11-15-6-4-5-14(7-8-15)9-10-16/h16H,3-11H2,1-2H3. The van der Waals surface area contributed by atoms with Crippen LogP contribution in [0.1, 0.15) is 13.3 Å². The van der Waals surface area contributed by atoms with Crippen LogP contribution in [0.15, 0.2) is 0 Å². The topological polar surface area (TPSA) is 47.0 Å². The zero-order valence-corrected chi connectivity index (χ0v) is 11.1. The number of carbonyl (C=O) groups is 1. The van der Waals surface area contributed by atoms with Gasteiger partial charge in [-0.2, -0.15) is 0 Å². The van der Waals surface area contributed by atoms with Gasteiger partial charge in [0.15, 0.2) is 0 Å². The van der Waals surface area contributed by atoms with Gasteiger partial charge in [0.2, 0.25) is 5.91 Å². The highest BCUT2D eigenvalue weighted by Gasteiger charge is 2.17. The predicted octanol–water partition coefficient (Wildman–Crippen LogP) is -0.535. The fourth-order valence-corrected chi connectivity index (χ4v) is 2.04. The van der Waals surface area contributed by atoms with E-state index in [1.807, 2.05) is 14.0 Å². The summed E-state index contributed by atoms with van der Waals surface area (Å²) < 4.78 is 0. The summed E-state index contributed by atoms with van der Waals surface area (Å²) in [5.74, 6) is 0.197. The van der Waals surface area contributed by atoms with Crippen molar-refractivity contribution in [2.24, 2.45) is 0 Å². The molecule has 17 heavy (non-hydrogen) atoms. The first-order chi connectivity index (χ1) is 8.17. The van der Waals surface area contributed by atoms with Crippen LogP contribution in [0, 0.1) is 0 Å². The van der Waals surface area contributed by atoms with E-state index in [0.717, 1.165) is 45.7 Å². The number of aliphatic hydroxyl groups is 1. The number of rotatable bonds is 5. The highest BCUT2D eigenvalue weighted by atomic mass is 16.3. The van der Waals surface area contributed by atoms with Crippen LogP contribution in [-0.4, -0.2) is 85.2 Å². The van der Waals surface area contributed by atoms with Gasteiger partial charge in [-0.25, -0.2) is 0 Å². The van der Waals surface area contributed by atoms with Crippen molar-refractivity contribution >= 4 is 5.91 Å². The first kappa shape index (κ1) is 14.4. The molecule has 1 N–H and O–H groups in total. The third kappa shape index (κ3) is 5.02. The van der Waals surface area contributed by atoms with Gasteiger partial charge in [0.1, 0.15) is 0 Å².